The van der Waals surface area contributed by atoms with Crippen molar-refractivity contribution in [1.29, 1.82) is 0 Å². The molecule has 3 aliphatic carbocycles. The highest BCUT2D eigenvalue weighted by Crippen LogP contribution is 2.59. The SMILES string of the molecule is NC1CC12CC(NS(=O)(=O)c1ccnn1C1CCC1)C2. The Bertz CT molecular complexity index is 629. The van der Waals surface area contributed by atoms with Crippen LogP contribution in [0.15, 0.2) is 17.3 Å². The zero-order valence-electron chi connectivity index (χ0n) is 11.3. The predicted molar refractivity (Wildman–Crippen MR) is 73.5 cm³/mol. The molecule has 1 aromatic heterocycles. The van der Waals surface area contributed by atoms with Crippen molar-refractivity contribution in [3.05, 3.63) is 12.3 Å². The molecular weight excluding hydrogens is 276 g/mol. The number of nitrogens with zero attached hydrogens (tertiary/aromatic N) is 2. The van der Waals surface area contributed by atoms with E-state index in [0.717, 1.165) is 38.5 Å². The first kappa shape index (κ1) is 12.8. The van der Waals surface area contributed by atoms with Gasteiger partial charge in [0.05, 0.1) is 12.2 Å². The number of hydrogen-bond donors (Lipinski definition) is 2. The van der Waals surface area contributed by atoms with Crippen LogP contribution >= 0.6 is 0 Å². The fraction of sp³-hybridized carbons (Fsp3) is 0.769. The van der Waals surface area contributed by atoms with E-state index in [9.17, 15) is 8.42 Å². The normalized spacial score (nSPS) is 36.6. The molecule has 4 rings (SSSR count). The zero-order valence-corrected chi connectivity index (χ0v) is 12.1. The zero-order chi connectivity index (χ0) is 14.0. The van der Waals surface area contributed by atoms with Gasteiger partial charge in [0.1, 0.15) is 0 Å². The molecule has 3 fully saturated rings. The van der Waals surface area contributed by atoms with Gasteiger partial charge >= 0.3 is 0 Å². The van der Waals surface area contributed by atoms with E-state index in [1.807, 2.05) is 0 Å². The highest BCUT2D eigenvalue weighted by Gasteiger charge is 2.60. The van der Waals surface area contributed by atoms with Gasteiger partial charge in [0.15, 0.2) is 5.03 Å². The lowest BCUT2D eigenvalue weighted by molar-refractivity contribution is 0.214. The lowest BCUT2D eigenvalue weighted by Crippen LogP contribution is -2.47. The van der Waals surface area contributed by atoms with E-state index in [1.54, 1.807) is 16.9 Å². The molecule has 6 nitrogen and oxygen atoms in total. The minimum Gasteiger partial charge on any atom is -0.327 e. The molecule has 0 radical (unpaired) electrons. The Morgan fingerprint density at radius 1 is 1.35 bits per heavy atom. The van der Waals surface area contributed by atoms with E-state index < -0.39 is 10.0 Å². The lowest BCUT2D eigenvalue weighted by atomic mass is 9.77. The van der Waals surface area contributed by atoms with Gasteiger partial charge in [0.25, 0.3) is 10.0 Å². The standard InChI is InChI=1S/C13H20N4O2S/c14-11-8-13(11)6-9(7-13)16-20(18,19)12-4-5-15-17(12)10-2-1-3-10/h4-5,9-11,16H,1-3,6-8,14H2. The summed E-state index contributed by atoms with van der Waals surface area (Å²) in [4.78, 5) is 0. The molecule has 0 saturated heterocycles. The van der Waals surface area contributed by atoms with Crippen LogP contribution in [0, 0.1) is 5.41 Å². The summed E-state index contributed by atoms with van der Waals surface area (Å²) in [6, 6.07) is 2.17. The Labute approximate surface area is 118 Å². The van der Waals surface area contributed by atoms with Crippen LogP contribution in [0.5, 0.6) is 0 Å². The third-order valence-corrected chi connectivity index (χ3v) is 6.73. The molecule has 0 aromatic carbocycles. The summed E-state index contributed by atoms with van der Waals surface area (Å²) < 4.78 is 29.4. The second kappa shape index (κ2) is 4.05. The Balaban J connectivity index is 1.48. The molecule has 0 amide bonds. The smallest absolute Gasteiger partial charge is 0.257 e. The van der Waals surface area contributed by atoms with Crippen molar-refractivity contribution in [2.45, 2.75) is 61.7 Å². The molecule has 3 aliphatic rings. The third kappa shape index (κ3) is 1.83. The molecule has 0 bridgehead atoms. The first-order valence-corrected chi connectivity index (χ1v) is 8.80. The number of nitrogens with one attached hydrogen (secondary N) is 1. The van der Waals surface area contributed by atoms with Crippen LogP contribution in [0.1, 0.15) is 44.6 Å². The van der Waals surface area contributed by atoms with Gasteiger partial charge in [-0.1, -0.05) is 0 Å². The quantitative estimate of drug-likeness (QED) is 0.858. The number of hydrogen-bond acceptors (Lipinski definition) is 4. The van der Waals surface area contributed by atoms with Gasteiger partial charge in [-0.2, -0.15) is 5.10 Å². The molecule has 110 valence electrons. The second-order valence-corrected chi connectivity index (χ2v) is 8.26. The topological polar surface area (TPSA) is 90.0 Å². The van der Waals surface area contributed by atoms with Crippen LogP contribution in [0.25, 0.3) is 0 Å². The molecule has 20 heavy (non-hydrogen) atoms. The van der Waals surface area contributed by atoms with Crippen molar-refractivity contribution in [2.24, 2.45) is 11.1 Å². The van der Waals surface area contributed by atoms with E-state index in [-0.39, 0.29) is 23.5 Å². The van der Waals surface area contributed by atoms with E-state index in [4.69, 9.17) is 5.73 Å². The average Bonchev–Trinajstić information content (AvgIpc) is 2.70. The maximum atomic E-state index is 12.5. The fourth-order valence-corrected chi connectivity index (χ4v) is 4.96. The summed E-state index contributed by atoms with van der Waals surface area (Å²) in [5, 5.41) is 4.49. The summed E-state index contributed by atoms with van der Waals surface area (Å²) in [5.41, 5.74) is 6.13. The van der Waals surface area contributed by atoms with Crippen LogP contribution < -0.4 is 10.5 Å². The van der Waals surface area contributed by atoms with Crippen molar-refractivity contribution in [1.82, 2.24) is 14.5 Å². The molecule has 1 heterocycles. The lowest BCUT2D eigenvalue weighted by Gasteiger charge is -2.37. The molecule has 1 atom stereocenters. The van der Waals surface area contributed by atoms with Crippen molar-refractivity contribution >= 4 is 10.0 Å². The molecule has 3 saturated carbocycles. The molecule has 1 aromatic rings. The Morgan fingerprint density at radius 2 is 2.05 bits per heavy atom. The van der Waals surface area contributed by atoms with Crippen LogP contribution in [-0.4, -0.2) is 30.3 Å². The Hall–Kier alpha value is -0.920. The van der Waals surface area contributed by atoms with Crippen LogP contribution in [0.4, 0.5) is 0 Å². The van der Waals surface area contributed by atoms with Gasteiger partial charge in [-0.25, -0.2) is 17.8 Å². The number of nitrogens with two attached hydrogens (primary N) is 1. The molecular formula is C13H20N4O2S. The minimum absolute atomic E-state index is 0.0401. The molecule has 3 N–H and O–H groups in total. The van der Waals surface area contributed by atoms with E-state index in [1.165, 1.54) is 0 Å². The van der Waals surface area contributed by atoms with Gasteiger partial charge in [-0.05, 0) is 50.0 Å². The number of rotatable bonds is 4. The van der Waals surface area contributed by atoms with Crippen LogP contribution in [0.2, 0.25) is 0 Å². The highest BCUT2D eigenvalue weighted by molar-refractivity contribution is 7.89. The Kier molecular flexibility index (Phi) is 2.59. The van der Waals surface area contributed by atoms with Gasteiger partial charge in [0.2, 0.25) is 0 Å². The molecule has 0 aliphatic heterocycles. The van der Waals surface area contributed by atoms with Crippen molar-refractivity contribution in [3.63, 3.8) is 0 Å². The van der Waals surface area contributed by atoms with Gasteiger partial charge in [-0.15, -0.1) is 0 Å². The van der Waals surface area contributed by atoms with E-state index >= 15 is 0 Å². The summed E-state index contributed by atoms with van der Waals surface area (Å²) in [6.07, 6.45) is 7.57. The predicted octanol–water partition coefficient (Wildman–Crippen LogP) is 0.766. The fourth-order valence-electron chi connectivity index (χ4n) is 3.55. The largest absolute Gasteiger partial charge is 0.327 e. The van der Waals surface area contributed by atoms with Crippen molar-refractivity contribution in [2.75, 3.05) is 0 Å². The minimum atomic E-state index is -3.46. The summed E-state index contributed by atoms with van der Waals surface area (Å²) >= 11 is 0. The third-order valence-electron chi connectivity index (χ3n) is 5.21. The average molecular weight is 296 g/mol. The number of sulfonamides is 1. The van der Waals surface area contributed by atoms with Crippen LogP contribution in [-0.2, 0) is 10.0 Å². The highest BCUT2D eigenvalue weighted by atomic mass is 32.2. The molecule has 1 unspecified atom stereocenters. The maximum absolute atomic E-state index is 12.5. The molecule has 7 heteroatoms. The monoisotopic (exact) mass is 296 g/mol. The van der Waals surface area contributed by atoms with Crippen LogP contribution in [0.3, 0.4) is 0 Å². The van der Waals surface area contributed by atoms with E-state index in [2.05, 4.69) is 9.82 Å². The van der Waals surface area contributed by atoms with E-state index in [0.29, 0.717) is 5.03 Å². The second-order valence-electron chi connectivity index (χ2n) is 6.60. The summed E-state index contributed by atoms with van der Waals surface area (Å²) in [6.45, 7) is 0. The maximum Gasteiger partial charge on any atom is 0.257 e. The van der Waals surface area contributed by atoms with Gasteiger partial charge < -0.3 is 5.73 Å². The molecule has 1 spiro atoms. The first-order valence-electron chi connectivity index (χ1n) is 7.32. The summed E-state index contributed by atoms with van der Waals surface area (Å²) in [5.74, 6) is 0. The number of aromatic nitrogens is 2. The Morgan fingerprint density at radius 3 is 2.60 bits per heavy atom. The first-order chi connectivity index (χ1) is 9.50. The van der Waals surface area contributed by atoms with Crippen molar-refractivity contribution < 1.29 is 8.42 Å². The summed E-state index contributed by atoms with van der Waals surface area (Å²) in [7, 11) is -3.46. The van der Waals surface area contributed by atoms with Gasteiger partial charge in [-0.3, -0.25) is 0 Å². The van der Waals surface area contributed by atoms with Gasteiger partial charge in [0, 0.05) is 12.1 Å². The van der Waals surface area contributed by atoms with Crippen molar-refractivity contribution in [3.8, 4) is 0 Å².